The van der Waals surface area contributed by atoms with E-state index < -0.39 is 5.54 Å². The second kappa shape index (κ2) is 4.95. The van der Waals surface area contributed by atoms with Crippen molar-refractivity contribution >= 4 is 11.5 Å². The number of pyridine rings is 1. The third-order valence-corrected chi connectivity index (χ3v) is 2.52. The number of nitrogens with two attached hydrogens (primary N) is 1. The van der Waals surface area contributed by atoms with Gasteiger partial charge in [0, 0.05) is 6.20 Å². The van der Waals surface area contributed by atoms with Gasteiger partial charge in [0.25, 0.3) is 0 Å². The van der Waals surface area contributed by atoms with Gasteiger partial charge in [-0.2, -0.15) is 0 Å². The molecule has 5 N–H and O–H groups in total. The molecule has 84 valence electrons. The summed E-state index contributed by atoms with van der Waals surface area (Å²) >= 11 is 0. The number of anilines is 2. The molecule has 1 aromatic rings. The number of hydrogen-bond donors (Lipinski definition) is 4. The summed E-state index contributed by atoms with van der Waals surface area (Å²) in [5.74, 6) is 0.359. The van der Waals surface area contributed by atoms with Crippen LogP contribution in [0.5, 0.6) is 0 Å². The van der Waals surface area contributed by atoms with E-state index in [1.165, 1.54) is 0 Å². The smallest absolute Gasteiger partial charge is 0.146 e. The van der Waals surface area contributed by atoms with E-state index in [1.807, 2.05) is 6.92 Å². The molecule has 0 saturated carbocycles. The molecule has 0 atom stereocenters. The minimum atomic E-state index is -0.739. The first kappa shape index (κ1) is 11.7. The highest BCUT2D eigenvalue weighted by Crippen LogP contribution is 2.21. The zero-order valence-electron chi connectivity index (χ0n) is 8.77. The number of hydrogen-bond acceptors (Lipinski definition) is 5. The van der Waals surface area contributed by atoms with E-state index in [-0.39, 0.29) is 13.2 Å². The molecule has 1 aromatic heterocycles. The molecule has 0 amide bonds. The Morgan fingerprint density at radius 2 is 2.13 bits per heavy atom. The minimum absolute atomic E-state index is 0.158. The van der Waals surface area contributed by atoms with Crippen LogP contribution in [0.2, 0.25) is 0 Å². The first-order chi connectivity index (χ1) is 7.17. The van der Waals surface area contributed by atoms with Crippen LogP contribution in [0.1, 0.15) is 13.3 Å². The average molecular weight is 211 g/mol. The molecule has 0 aromatic carbocycles. The fourth-order valence-corrected chi connectivity index (χ4v) is 1.25. The lowest BCUT2D eigenvalue weighted by Crippen LogP contribution is -2.45. The van der Waals surface area contributed by atoms with Crippen molar-refractivity contribution in [2.75, 3.05) is 24.3 Å². The summed E-state index contributed by atoms with van der Waals surface area (Å²) in [6.45, 7) is 1.56. The lowest BCUT2D eigenvalue weighted by molar-refractivity contribution is 0.132. The van der Waals surface area contributed by atoms with Crippen LogP contribution in [0.4, 0.5) is 11.5 Å². The van der Waals surface area contributed by atoms with Gasteiger partial charge in [0.1, 0.15) is 5.82 Å². The van der Waals surface area contributed by atoms with Gasteiger partial charge in [0.05, 0.1) is 24.4 Å². The fraction of sp³-hybridized carbons (Fsp3) is 0.500. The van der Waals surface area contributed by atoms with E-state index in [2.05, 4.69) is 10.3 Å². The number of aliphatic hydroxyl groups is 2. The summed E-state index contributed by atoms with van der Waals surface area (Å²) < 4.78 is 0. The summed E-state index contributed by atoms with van der Waals surface area (Å²) in [7, 11) is 0. The third kappa shape index (κ3) is 2.57. The Morgan fingerprint density at radius 1 is 1.47 bits per heavy atom. The number of nitrogens with one attached hydrogen (secondary N) is 1. The van der Waals surface area contributed by atoms with Crippen molar-refractivity contribution in [1.29, 1.82) is 0 Å². The second-order valence-electron chi connectivity index (χ2n) is 3.51. The zero-order valence-corrected chi connectivity index (χ0v) is 8.77. The summed E-state index contributed by atoms with van der Waals surface area (Å²) in [5, 5.41) is 21.5. The van der Waals surface area contributed by atoms with E-state index in [4.69, 9.17) is 5.73 Å². The Bertz CT molecular complexity index is 305. The van der Waals surface area contributed by atoms with E-state index in [9.17, 15) is 10.2 Å². The molecule has 15 heavy (non-hydrogen) atoms. The molecule has 5 heteroatoms. The van der Waals surface area contributed by atoms with Gasteiger partial charge >= 0.3 is 0 Å². The van der Waals surface area contributed by atoms with Crippen LogP contribution in [0.25, 0.3) is 0 Å². The summed E-state index contributed by atoms with van der Waals surface area (Å²) in [6.07, 6.45) is 2.18. The Morgan fingerprint density at radius 3 is 2.60 bits per heavy atom. The maximum absolute atomic E-state index is 9.25. The lowest BCUT2D eigenvalue weighted by Gasteiger charge is -2.31. The maximum atomic E-state index is 9.25. The fourth-order valence-electron chi connectivity index (χ4n) is 1.25. The van der Waals surface area contributed by atoms with Crippen molar-refractivity contribution < 1.29 is 10.2 Å². The zero-order chi connectivity index (χ0) is 11.3. The van der Waals surface area contributed by atoms with E-state index in [0.717, 1.165) is 0 Å². The molecule has 0 saturated heterocycles. The van der Waals surface area contributed by atoms with Gasteiger partial charge in [-0.1, -0.05) is 6.92 Å². The van der Waals surface area contributed by atoms with Crippen molar-refractivity contribution in [2.24, 2.45) is 0 Å². The van der Waals surface area contributed by atoms with Gasteiger partial charge in [-0.15, -0.1) is 0 Å². The molecule has 5 nitrogen and oxygen atoms in total. The van der Waals surface area contributed by atoms with Gasteiger partial charge in [0.2, 0.25) is 0 Å². The molecule has 0 aliphatic carbocycles. The Hall–Kier alpha value is -1.33. The van der Waals surface area contributed by atoms with Gasteiger partial charge in [-0.05, 0) is 18.6 Å². The Kier molecular flexibility index (Phi) is 3.88. The van der Waals surface area contributed by atoms with Crippen LogP contribution in [-0.2, 0) is 0 Å². The van der Waals surface area contributed by atoms with Crippen molar-refractivity contribution in [2.45, 2.75) is 18.9 Å². The normalized spacial score (nSPS) is 11.4. The molecule has 1 heterocycles. The van der Waals surface area contributed by atoms with Crippen LogP contribution in [-0.4, -0.2) is 33.9 Å². The molecule has 0 aliphatic rings. The third-order valence-electron chi connectivity index (χ3n) is 2.52. The standard InChI is InChI=1S/C10H17N3O2/c1-2-10(6-14,7-15)13-8-4-3-5-12-9(8)11/h3-5,13-15H,2,6-7H2,1H3,(H2,11,12). The molecular weight excluding hydrogens is 194 g/mol. The molecule has 1 rings (SSSR count). The molecule has 0 unspecified atom stereocenters. The minimum Gasteiger partial charge on any atom is -0.394 e. The average Bonchev–Trinajstić information content (AvgIpc) is 2.29. The topological polar surface area (TPSA) is 91.4 Å². The summed E-state index contributed by atoms with van der Waals surface area (Å²) in [5.41, 5.74) is 5.54. The summed E-state index contributed by atoms with van der Waals surface area (Å²) in [4.78, 5) is 3.92. The first-order valence-electron chi connectivity index (χ1n) is 4.88. The molecule has 0 aliphatic heterocycles. The predicted molar refractivity (Wildman–Crippen MR) is 59.5 cm³/mol. The lowest BCUT2D eigenvalue weighted by atomic mass is 9.98. The monoisotopic (exact) mass is 211 g/mol. The highest BCUT2D eigenvalue weighted by molar-refractivity contribution is 5.62. The number of aromatic nitrogens is 1. The predicted octanol–water partition coefficient (Wildman–Crippen LogP) is 0.209. The number of aliphatic hydroxyl groups excluding tert-OH is 2. The van der Waals surface area contributed by atoms with E-state index in [0.29, 0.717) is 17.9 Å². The van der Waals surface area contributed by atoms with Crippen molar-refractivity contribution in [3.63, 3.8) is 0 Å². The van der Waals surface area contributed by atoms with E-state index in [1.54, 1.807) is 18.3 Å². The van der Waals surface area contributed by atoms with Gasteiger partial charge in [0.15, 0.2) is 0 Å². The van der Waals surface area contributed by atoms with Crippen LogP contribution in [0, 0.1) is 0 Å². The van der Waals surface area contributed by atoms with Crippen molar-refractivity contribution in [3.05, 3.63) is 18.3 Å². The number of rotatable bonds is 5. The van der Waals surface area contributed by atoms with Gasteiger partial charge in [-0.25, -0.2) is 4.98 Å². The molecule has 0 radical (unpaired) electrons. The number of nitrogen functional groups attached to an aromatic ring is 1. The van der Waals surface area contributed by atoms with Crippen LogP contribution in [0.15, 0.2) is 18.3 Å². The van der Waals surface area contributed by atoms with Gasteiger partial charge < -0.3 is 21.3 Å². The summed E-state index contributed by atoms with van der Waals surface area (Å²) in [6, 6.07) is 3.51. The van der Waals surface area contributed by atoms with Gasteiger partial charge in [-0.3, -0.25) is 0 Å². The largest absolute Gasteiger partial charge is 0.394 e. The Labute approximate surface area is 89.0 Å². The SMILES string of the molecule is CCC(CO)(CO)Nc1cccnc1N. The molecule has 0 bridgehead atoms. The highest BCUT2D eigenvalue weighted by Gasteiger charge is 2.26. The highest BCUT2D eigenvalue weighted by atomic mass is 16.3. The van der Waals surface area contributed by atoms with Crippen molar-refractivity contribution in [1.82, 2.24) is 4.98 Å². The Balaban J connectivity index is 2.88. The van der Waals surface area contributed by atoms with E-state index >= 15 is 0 Å². The quantitative estimate of drug-likeness (QED) is 0.559. The second-order valence-corrected chi connectivity index (χ2v) is 3.51. The van der Waals surface area contributed by atoms with Crippen molar-refractivity contribution in [3.8, 4) is 0 Å². The first-order valence-corrected chi connectivity index (χ1v) is 4.88. The molecule has 0 spiro atoms. The molecular formula is C10H17N3O2. The maximum Gasteiger partial charge on any atom is 0.146 e. The molecule has 0 fully saturated rings. The van der Waals surface area contributed by atoms with Crippen LogP contribution >= 0.6 is 0 Å². The van der Waals surface area contributed by atoms with Crippen LogP contribution in [0.3, 0.4) is 0 Å². The van der Waals surface area contributed by atoms with Crippen LogP contribution < -0.4 is 11.1 Å². The number of nitrogens with zero attached hydrogens (tertiary/aromatic N) is 1.